The van der Waals surface area contributed by atoms with Gasteiger partial charge in [-0.15, -0.1) is 11.8 Å². The van der Waals surface area contributed by atoms with E-state index >= 15 is 0 Å². The largest absolute Gasteiger partial charge is 0.467 e. The third-order valence-electron chi connectivity index (χ3n) is 2.42. The summed E-state index contributed by atoms with van der Waals surface area (Å²) in [6.07, 6.45) is 0. The first-order chi connectivity index (χ1) is 9.56. The molecule has 1 aromatic rings. The Morgan fingerprint density at radius 2 is 2.05 bits per heavy atom. The van der Waals surface area contributed by atoms with Crippen molar-refractivity contribution in [3.63, 3.8) is 0 Å². The second-order valence-electron chi connectivity index (χ2n) is 3.95. The molecular formula is C13H16FNO4S. The number of esters is 1. The van der Waals surface area contributed by atoms with Crippen LogP contribution in [0.1, 0.15) is 5.56 Å². The Hall–Kier alpha value is -1.60. The predicted molar refractivity (Wildman–Crippen MR) is 73.6 cm³/mol. The maximum absolute atomic E-state index is 12.7. The molecule has 0 aliphatic carbocycles. The van der Waals surface area contributed by atoms with Crippen LogP contribution in [0.2, 0.25) is 0 Å². The first-order valence-corrected chi connectivity index (χ1v) is 7.02. The summed E-state index contributed by atoms with van der Waals surface area (Å²) >= 11 is 1.32. The van der Waals surface area contributed by atoms with E-state index in [1.807, 2.05) is 0 Å². The SMILES string of the molecule is COC(=O)C(CO)NC(=O)CSCc1ccc(F)cc1. The molecule has 2 N–H and O–H groups in total. The fourth-order valence-corrected chi connectivity index (χ4v) is 2.20. The van der Waals surface area contributed by atoms with E-state index in [0.717, 1.165) is 5.56 Å². The highest BCUT2D eigenvalue weighted by Crippen LogP contribution is 2.12. The Morgan fingerprint density at radius 1 is 1.40 bits per heavy atom. The van der Waals surface area contributed by atoms with E-state index in [1.165, 1.54) is 31.0 Å². The highest BCUT2D eigenvalue weighted by molar-refractivity contribution is 7.99. The van der Waals surface area contributed by atoms with Crippen LogP contribution in [0.4, 0.5) is 4.39 Å². The molecule has 1 amide bonds. The van der Waals surface area contributed by atoms with Crippen LogP contribution in [-0.2, 0) is 20.1 Å². The number of amides is 1. The van der Waals surface area contributed by atoms with E-state index in [0.29, 0.717) is 5.75 Å². The zero-order valence-corrected chi connectivity index (χ0v) is 11.8. The number of thioether (sulfide) groups is 1. The number of carbonyl (C=O) groups excluding carboxylic acids is 2. The van der Waals surface area contributed by atoms with E-state index in [1.54, 1.807) is 12.1 Å². The van der Waals surface area contributed by atoms with Crippen LogP contribution in [0.3, 0.4) is 0 Å². The lowest BCUT2D eigenvalue weighted by molar-refractivity contribution is -0.145. The summed E-state index contributed by atoms with van der Waals surface area (Å²) in [4.78, 5) is 22.7. The number of hydrogen-bond acceptors (Lipinski definition) is 5. The van der Waals surface area contributed by atoms with E-state index in [-0.39, 0.29) is 17.5 Å². The fraction of sp³-hybridized carbons (Fsp3) is 0.385. The number of nitrogens with one attached hydrogen (secondary N) is 1. The number of benzene rings is 1. The first-order valence-electron chi connectivity index (χ1n) is 5.87. The minimum atomic E-state index is -1.04. The minimum Gasteiger partial charge on any atom is -0.467 e. The van der Waals surface area contributed by atoms with Gasteiger partial charge in [0.05, 0.1) is 19.5 Å². The highest BCUT2D eigenvalue weighted by atomic mass is 32.2. The molecule has 7 heteroatoms. The molecule has 1 rings (SSSR count). The summed E-state index contributed by atoms with van der Waals surface area (Å²) in [5.41, 5.74) is 0.899. The van der Waals surface area contributed by atoms with Gasteiger partial charge in [0.1, 0.15) is 5.82 Å². The van der Waals surface area contributed by atoms with Gasteiger partial charge < -0.3 is 15.2 Å². The summed E-state index contributed by atoms with van der Waals surface area (Å²) in [5.74, 6) is -0.688. The Bertz CT molecular complexity index is 452. The van der Waals surface area contributed by atoms with Gasteiger partial charge in [-0.3, -0.25) is 4.79 Å². The van der Waals surface area contributed by atoms with Crippen LogP contribution in [0.25, 0.3) is 0 Å². The first kappa shape index (κ1) is 16.5. The number of aliphatic hydroxyl groups is 1. The van der Waals surface area contributed by atoms with Gasteiger partial charge in [-0.05, 0) is 17.7 Å². The number of rotatable bonds is 7. The van der Waals surface area contributed by atoms with Gasteiger partial charge in [-0.2, -0.15) is 0 Å². The van der Waals surface area contributed by atoms with Crippen LogP contribution in [0.15, 0.2) is 24.3 Å². The van der Waals surface area contributed by atoms with Gasteiger partial charge in [-0.1, -0.05) is 12.1 Å². The molecule has 0 saturated carbocycles. The number of methoxy groups -OCH3 is 1. The second-order valence-corrected chi connectivity index (χ2v) is 4.93. The normalized spacial score (nSPS) is 11.8. The Morgan fingerprint density at radius 3 is 2.60 bits per heavy atom. The lowest BCUT2D eigenvalue weighted by atomic mass is 10.2. The molecule has 1 unspecified atom stereocenters. The second kappa shape index (κ2) is 8.55. The molecule has 5 nitrogen and oxygen atoms in total. The summed E-state index contributed by atoms with van der Waals surface area (Å²) in [5, 5.41) is 11.3. The molecule has 0 saturated heterocycles. The molecule has 0 fully saturated rings. The fourth-order valence-electron chi connectivity index (χ4n) is 1.40. The van der Waals surface area contributed by atoms with Crippen LogP contribution in [-0.4, -0.2) is 42.5 Å². The molecule has 0 bridgehead atoms. The number of carbonyl (C=O) groups is 2. The van der Waals surface area contributed by atoms with Gasteiger partial charge in [-0.25, -0.2) is 9.18 Å². The van der Waals surface area contributed by atoms with Crippen molar-refractivity contribution >= 4 is 23.6 Å². The van der Waals surface area contributed by atoms with Crippen molar-refractivity contribution in [2.24, 2.45) is 0 Å². The molecule has 110 valence electrons. The highest BCUT2D eigenvalue weighted by Gasteiger charge is 2.19. The third-order valence-corrected chi connectivity index (χ3v) is 3.42. The molecule has 0 spiro atoms. The summed E-state index contributed by atoms with van der Waals surface area (Å²) in [7, 11) is 1.18. The van der Waals surface area contributed by atoms with E-state index < -0.39 is 18.6 Å². The van der Waals surface area contributed by atoms with Gasteiger partial charge in [0.25, 0.3) is 0 Å². The lowest BCUT2D eigenvalue weighted by Gasteiger charge is -2.13. The Balaban J connectivity index is 2.32. The topological polar surface area (TPSA) is 75.6 Å². The van der Waals surface area contributed by atoms with Crippen molar-refractivity contribution in [1.29, 1.82) is 0 Å². The number of hydrogen-bond donors (Lipinski definition) is 2. The summed E-state index contributed by atoms with van der Waals surface area (Å²) in [6, 6.07) is 4.96. The van der Waals surface area contributed by atoms with Crippen LogP contribution >= 0.6 is 11.8 Å². The molecule has 0 aliphatic rings. The van der Waals surface area contributed by atoms with Crippen molar-refractivity contribution in [3.05, 3.63) is 35.6 Å². The predicted octanol–water partition coefficient (Wildman–Crippen LogP) is 0.709. The monoisotopic (exact) mass is 301 g/mol. The van der Waals surface area contributed by atoms with Crippen molar-refractivity contribution in [2.75, 3.05) is 19.5 Å². The molecule has 0 aliphatic heterocycles. The smallest absolute Gasteiger partial charge is 0.330 e. The zero-order chi connectivity index (χ0) is 15.0. The number of aliphatic hydroxyl groups excluding tert-OH is 1. The quantitative estimate of drug-likeness (QED) is 0.725. The Labute approximate surface area is 120 Å². The van der Waals surface area contributed by atoms with Gasteiger partial charge in [0, 0.05) is 5.75 Å². The van der Waals surface area contributed by atoms with E-state index in [2.05, 4.69) is 10.1 Å². The maximum atomic E-state index is 12.7. The molecule has 1 aromatic carbocycles. The molecule has 0 heterocycles. The number of halogens is 1. The molecular weight excluding hydrogens is 285 g/mol. The zero-order valence-electron chi connectivity index (χ0n) is 11.0. The molecule has 0 radical (unpaired) electrons. The van der Waals surface area contributed by atoms with Crippen LogP contribution in [0.5, 0.6) is 0 Å². The van der Waals surface area contributed by atoms with Crippen molar-refractivity contribution in [3.8, 4) is 0 Å². The van der Waals surface area contributed by atoms with Gasteiger partial charge in [0.2, 0.25) is 5.91 Å². The van der Waals surface area contributed by atoms with Crippen molar-refractivity contribution in [1.82, 2.24) is 5.32 Å². The average molecular weight is 301 g/mol. The van der Waals surface area contributed by atoms with E-state index in [4.69, 9.17) is 5.11 Å². The third kappa shape index (κ3) is 5.58. The minimum absolute atomic E-state index is 0.130. The summed E-state index contributed by atoms with van der Waals surface area (Å²) in [6.45, 7) is -0.513. The standard InChI is InChI=1S/C13H16FNO4S/c1-19-13(18)11(6-16)15-12(17)8-20-7-9-2-4-10(14)5-3-9/h2-5,11,16H,6-8H2,1H3,(H,15,17). The van der Waals surface area contributed by atoms with Crippen LogP contribution in [0, 0.1) is 5.82 Å². The summed E-state index contributed by atoms with van der Waals surface area (Å²) < 4.78 is 17.1. The van der Waals surface area contributed by atoms with Gasteiger partial charge >= 0.3 is 5.97 Å². The lowest BCUT2D eigenvalue weighted by Crippen LogP contribution is -2.44. The maximum Gasteiger partial charge on any atom is 0.330 e. The Kier molecular flexibility index (Phi) is 7.03. The average Bonchev–Trinajstić information content (AvgIpc) is 2.46. The molecule has 20 heavy (non-hydrogen) atoms. The number of ether oxygens (including phenoxy) is 1. The van der Waals surface area contributed by atoms with E-state index in [9.17, 15) is 14.0 Å². The van der Waals surface area contributed by atoms with Gasteiger partial charge in [0.15, 0.2) is 6.04 Å². The molecule has 1 atom stereocenters. The van der Waals surface area contributed by atoms with Crippen molar-refractivity contribution in [2.45, 2.75) is 11.8 Å². The molecule has 0 aromatic heterocycles. The van der Waals surface area contributed by atoms with Crippen molar-refractivity contribution < 1.29 is 23.8 Å². The van der Waals surface area contributed by atoms with Crippen LogP contribution < -0.4 is 5.32 Å².